The third-order valence-corrected chi connectivity index (χ3v) is 7.42. The zero-order valence-electron chi connectivity index (χ0n) is 23.9. The lowest BCUT2D eigenvalue weighted by Gasteiger charge is -2.29. The smallest absolute Gasteiger partial charge is 0.225 e. The lowest BCUT2D eigenvalue weighted by molar-refractivity contribution is -0.703. The van der Waals surface area contributed by atoms with Gasteiger partial charge in [0, 0.05) is 17.7 Å². The van der Waals surface area contributed by atoms with Gasteiger partial charge >= 0.3 is 0 Å². The molecule has 1 aromatic heterocycles. The number of unbranched alkanes of at least 4 members (excludes halogenated alkanes) is 11. The molecule has 39 heavy (non-hydrogen) atoms. The first-order valence-corrected chi connectivity index (χ1v) is 15.1. The predicted octanol–water partition coefficient (Wildman–Crippen LogP) is 7.81. The molecule has 1 amide bonds. The fraction of sp³-hybridized carbons (Fsp3) is 0.529. The van der Waals surface area contributed by atoms with E-state index >= 15 is 0 Å². The van der Waals surface area contributed by atoms with Crippen LogP contribution in [-0.4, -0.2) is 18.1 Å². The number of benzene rings is 1. The molecule has 212 valence electrons. The number of carbonyl (C=O) groups is 1. The summed E-state index contributed by atoms with van der Waals surface area (Å²) in [7, 11) is 0. The first-order valence-electron chi connectivity index (χ1n) is 15.1. The first-order chi connectivity index (χ1) is 19.1. The van der Waals surface area contributed by atoms with E-state index in [1.54, 1.807) is 12.1 Å². The minimum absolute atomic E-state index is 0.0737. The second-order valence-electron chi connectivity index (χ2n) is 10.9. The van der Waals surface area contributed by atoms with Crippen LogP contribution >= 0.6 is 0 Å². The number of ether oxygens (including phenoxy) is 1. The average molecular weight is 536 g/mol. The normalized spacial score (nSPS) is 16.4. The van der Waals surface area contributed by atoms with Crippen LogP contribution in [0.4, 0.5) is 4.39 Å². The Kier molecular flexibility index (Phi) is 13.8. The number of hydrogen-bond donors (Lipinski definition) is 1. The molecule has 0 saturated carbocycles. The van der Waals surface area contributed by atoms with E-state index in [9.17, 15) is 9.18 Å². The maximum Gasteiger partial charge on any atom is 0.225 e. The zero-order valence-corrected chi connectivity index (χ0v) is 23.9. The van der Waals surface area contributed by atoms with Crippen molar-refractivity contribution in [3.63, 3.8) is 0 Å². The number of halogens is 1. The molecular formula is C34H48FN2O2+. The lowest BCUT2D eigenvalue weighted by Crippen LogP contribution is -2.57. The number of amides is 1. The maximum absolute atomic E-state index is 14.7. The van der Waals surface area contributed by atoms with Crippen LogP contribution in [0.1, 0.15) is 96.0 Å². The minimum Gasteiger partial charge on any atom is -0.490 e. The molecule has 5 heteroatoms. The molecule has 1 atom stereocenters. The number of nitrogens with one attached hydrogen (secondary N) is 1. The Hall–Kier alpha value is -2.95. The Bertz CT molecular complexity index is 1040. The highest BCUT2D eigenvalue weighted by atomic mass is 19.1. The number of nitrogens with zero attached hydrogens (tertiary/aromatic N) is 1. The fourth-order valence-corrected chi connectivity index (χ4v) is 5.25. The highest BCUT2D eigenvalue weighted by Crippen LogP contribution is 2.25. The van der Waals surface area contributed by atoms with E-state index < -0.39 is 11.4 Å². The molecular weight excluding hydrogens is 487 g/mol. The average Bonchev–Trinajstić information content (AvgIpc) is 2.93. The lowest BCUT2D eigenvalue weighted by atomic mass is 9.90. The van der Waals surface area contributed by atoms with Crippen molar-refractivity contribution >= 4 is 5.91 Å². The van der Waals surface area contributed by atoms with Gasteiger partial charge in [0.25, 0.3) is 0 Å². The Balaban J connectivity index is 1.41. The number of allylic oxidation sites excluding steroid dienone is 2. The summed E-state index contributed by atoms with van der Waals surface area (Å²) in [6.45, 7) is 3.34. The van der Waals surface area contributed by atoms with Gasteiger partial charge in [-0.05, 0) is 18.9 Å². The van der Waals surface area contributed by atoms with Crippen LogP contribution in [0.25, 0.3) is 0 Å². The van der Waals surface area contributed by atoms with Crippen LogP contribution in [0.3, 0.4) is 0 Å². The molecule has 1 aliphatic carbocycles. The molecule has 0 saturated heterocycles. The van der Waals surface area contributed by atoms with Crippen LogP contribution in [-0.2, 0) is 17.8 Å². The van der Waals surface area contributed by atoms with E-state index in [1.807, 2.05) is 48.8 Å². The van der Waals surface area contributed by atoms with Crippen molar-refractivity contribution in [2.24, 2.45) is 0 Å². The van der Waals surface area contributed by atoms with E-state index in [4.69, 9.17) is 4.74 Å². The summed E-state index contributed by atoms with van der Waals surface area (Å²) in [5, 5.41) is 3.22. The topological polar surface area (TPSA) is 42.2 Å². The summed E-state index contributed by atoms with van der Waals surface area (Å²) < 4.78 is 22.6. The summed E-state index contributed by atoms with van der Waals surface area (Å²) in [5.41, 5.74) is 0.0608. The van der Waals surface area contributed by atoms with E-state index in [2.05, 4.69) is 22.9 Å². The summed E-state index contributed by atoms with van der Waals surface area (Å²) in [6.07, 6.45) is 28.1. The Morgan fingerprint density at radius 3 is 2.21 bits per heavy atom. The van der Waals surface area contributed by atoms with Crippen LogP contribution in [0.15, 0.2) is 73.1 Å². The van der Waals surface area contributed by atoms with Gasteiger partial charge in [0.1, 0.15) is 5.54 Å². The summed E-state index contributed by atoms with van der Waals surface area (Å²) in [6, 6.07) is 10.8. The van der Waals surface area contributed by atoms with Gasteiger partial charge in [0.2, 0.25) is 5.91 Å². The monoisotopic (exact) mass is 535 g/mol. The van der Waals surface area contributed by atoms with Crippen molar-refractivity contribution in [3.8, 4) is 5.75 Å². The molecule has 2 aromatic rings. The molecule has 4 nitrogen and oxygen atoms in total. The summed E-state index contributed by atoms with van der Waals surface area (Å²) in [4.78, 5) is 13.2. The first kappa shape index (κ1) is 30.6. The number of hydrogen-bond acceptors (Lipinski definition) is 2. The van der Waals surface area contributed by atoms with Gasteiger partial charge in [-0.15, -0.1) is 0 Å². The van der Waals surface area contributed by atoms with Crippen LogP contribution in [0.5, 0.6) is 5.75 Å². The van der Waals surface area contributed by atoms with Gasteiger partial charge in [-0.25, -0.2) is 8.96 Å². The van der Waals surface area contributed by atoms with Gasteiger partial charge < -0.3 is 10.1 Å². The second-order valence-corrected chi connectivity index (χ2v) is 10.9. The molecule has 3 rings (SSSR count). The largest absolute Gasteiger partial charge is 0.490 e. The third kappa shape index (κ3) is 11.4. The number of rotatable bonds is 19. The summed E-state index contributed by atoms with van der Waals surface area (Å²) in [5.74, 6) is -0.345. The molecule has 0 fully saturated rings. The number of aromatic nitrogens is 1. The molecule has 0 radical (unpaired) electrons. The SMILES string of the molecule is CCCCCCCCCCCCCCOc1c(F)cccc1CC(=O)NC1(C[n+]2ccccc2)C=CC=CC1. The van der Waals surface area contributed by atoms with Gasteiger partial charge in [-0.3, -0.25) is 4.79 Å². The van der Waals surface area contributed by atoms with Crippen molar-refractivity contribution in [2.45, 2.75) is 109 Å². The van der Waals surface area contributed by atoms with Crippen molar-refractivity contribution in [2.75, 3.05) is 6.61 Å². The van der Waals surface area contributed by atoms with E-state index in [-0.39, 0.29) is 18.1 Å². The quantitative estimate of drug-likeness (QED) is 0.147. The Morgan fingerprint density at radius 1 is 0.897 bits per heavy atom. The van der Waals surface area contributed by atoms with Crippen LogP contribution in [0, 0.1) is 5.82 Å². The van der Waals surface area contributed by atoms with Crippen LogP contribution in [0.2, 0.25) is 0 Å². The van der Waals surface area contributed by atoms with Gasteiger partial charge in [-0.1, -0.05) is 120 Å². The molecule has 1 N–H and O–H groups in total. The van der Waals surface area contributed by atoms with Crippen LogP contribution < -0.4 is 14.6 Å². The molecule has 1 aliphatic rings. The maximum atomic E-state index is 14.7. The van der Waals surface area contributed by atoms with Gasteiger partial charge in [0.05, 0.1) is 13.0 Å². The predicted molar refractivity (Wildman–Crippen MR) is 157 cm³/mol. The van der Waals surface area contributed by atoms with E-state index in [1.165, 1.54) is 70.3 Å². The van der Waals surface area contributed by atoms with Crippen molar-refractivity contribution < 1.29 is 18.5 Å². The minimum atomic E-state index is -0.527. The Morgan fingerprint density at radius 2 is 1.56 bits per heavy atom. The van der Waals surface area contributed by atoms with Crippen molar-refractivity contribution in [3.05, 3.63) is 84.5 Å². The van der Waals surface area contributed by atoms with Crippen molar-refractivity contribution in [1.82, 2.24) is 5.32 Å². The molecule has 0 spiro atoms. The number of carbonyl (C=O) groups excluding carboxylic acids is 1. The van der Waals surface area contributed by atoms with E-state index in [0.717, 1.165) is 12.8 Å². The fourth-order valence-electron chi connectivity index (χ4n) is 5.25. The molecule has 1 heterocycles. The number of para-hydroxylation sites is 1. The van der Waals surface area contributed by atoms with Crippen molar-refractivity contribution in [1.29, 1.82) is 0 Å². The molecule has 0 aliphatic heterocycles. The van der Waals surface area contributed by atoms with Gasteiger partial charge in [-0.2, -0.15) is 0 Å². The highest BCUT2D eigenvalue weighted by molar-refractivity contribution is 5.80. The Labute approximate surface area is 235 Å². The second kappa shape index (κ2) is 17.6. The zero-order chi connectivity index (χ0) is 27.6. The molecule has 1 aromatic carbocycles. The highest BCUT2D eigenvalue weighted by Gasteiger charge is 2.33. The molecule has 0 bridgehead atoms. The standard InChI is InChI=1S/C34H47FN2O2/c1-2-3-4-5-6-7-8-9-10-11-12-19-27-39-33-30(21-20-22-31(33)35)28-32(38)36-34(23-15-13-16-24-34)29-37-25-17-14-18-26-37/h13-18,20-23,25-26H,2-12,19,24,27-29H2,1H3/p+1. The van der Waals surface area contributed by atoms with Gasteiger partial charge in [0.15, 0.2) is 30.5 Å². The van der Waals surface area contributed by atoms with E-state index in [0.29, 0.717) is 25.1 Å². The third-order valence-electron chi connectivity index (χ3n) is 7.42. The number of pyridine rings is 1. The summed E-state index contributed by atoms with van der Waals surface area (Å²) >= 11 is 0. The molecule has 1 unspecified atom stereocenters.